The van der Waals surface area contributed by atoms with Gasteiger partial charge in [-0.05, 0) is 36.6 Å². The van der Waals surface area contributed by atoms with E-state index >= 15 is 0 Å². The molecule has 3 heteroatoms. The van der Waals surface area contributed by atoms with Gasteiger partial charge in [0.15, 0.2) is 0 Å². The molecule has 0 aliphatic rings. The van der Waals surface area contributed by atoms with Gasteiger partial charge in [-0.2, -0.15) is 0 Å². The van der Waals surface area contributed by atoms with Crippen molar-refractivity contribution in [2.45, 2.75) is 20.5 Å². The van der Waals surface area contributed by atoms with E-state index in [1.54, 1.807) is 7.05 Å². The molecule has 0 spiro atoms. The van der Waals surface area contributed by atoms with Crippen LogP contribution in [-0.4, -0.2) is 13.0 Å². The summed E-state index contributed by atoms with van der Waals surface area (Å²) in [4.78, 5) is 12.0. The molecule has 3 nitrogen and oxygen atoms in total. The second-order valence-electron chi connectivity index (χ2n) is 4.99. The Kier molecular flexibility index (Phi) is 5.37. The molecule has 0 bridgehead atoms. The molecule has 0 saturated heterocycles. The molecule has 2 rings (SSSR count). The lowest BCUT2D eigenvalue weighted by molar-refractivity contribution is -0.115. The zero-order valence-electron chi connectivity index (χ0n) is 13.2. The zero-order valence-corrected chi connectivity index (χ0v) is 13.2. The van der Waals surface area contributed by atoms with Crippen LogP contribution in [0.15, 0.2) is 54.6 Å². The van der Waals surface area contributed by atoms with Crippen LogP contribution in [0.4, 0.5) is 0 Å². The largest absolute Gasteiger partial charge is 0.489 e. The molecule has 1 N–H and O–H groups in total. The lowest BCUT2D eigenvalue weighted by atomic mass is 9.99. The molecule has 2 aromatic carbocycles. The average molecular weight is 295 g/mol. The summed E-state index contributed by atoms with van der Waals surface area (Å²) in [5.74, 6) is 0.769. The van der Waals surface area contributed by atoms with Gasteiger partial charge in [0.25, 0.3) is 5.91 Å². The molecule has 1 amide bonds. The quantitative estimate of drug-likeness (QED) is 0.854. The molecule has 2 aromatic rings. The molecule has 114 valence electrons. The number of hydrogen-bond acceptors (Lipinski definition) is 2. The van der Waals surface area contributed by atoms with Gasteiger partial charge in [0.1, 0.15) is 12.4 Å². The van der Waals surface area contributed by atoms with Crippen LogP contribution in [0.1, 0.15) is 23.6 Å². The summed E-state index contributed by atoms with van der Waals surface area (Å²) < 4.78 is 5.91. The first kappa shape index (κ1) is 15.8. The summed E-state index contributed by atoms with van der Waals surface area (Å²) in [5, 5.41) is 2.68. The predicted octanol–water partition coefficient (Wildman–Crippen LogP) is 3.72. The second kappa shape index (κ2) is 7.46. The van der Waals surface area contributed by atoms with Crippen LogP contribution in [0, 0.1) is 6.92 Å². The molecule has 0 atom stereocenters. The molecule has 0 radical (unpaired) electrons. The predicted molar refractivity (Wildman–Crippen MR) is 89.7 cm³/mol. The molecule has 0 saturated carbocycles. The first-order valence-corrected chi connectivity index (χ1v) is 7.32. The highest BCUT2D eigenvalue weighted by molar-refractivity contribution is 6.19. The number of carbonyl (C=O) groups excluding carboxylic acids is 1. The van der Waals surface area contributed by atoms with Crippen LogP contribution in [0.25, 0.3) is 5.57 Å². The van der Waals surface area contributed by atoms with E-state index in [2.05, 4.69) is 5.32 Å². The van der Waals surface area contributed by atoms with Crippen molar-refractivity contribution in [1.29, 1.82) is 0 Å². The van der Waals surface area contributed by atoms with Crippen molar-refractivity contribution in [3.8, 4) is 5.75 Å². The van der Waals surface area contributed by atoms with Gasteiger partial charge in [0.2, 0.25) is 0 Å². The summed E-state index contributed by atoms with van der Waals surface area (Å²) in [5.41, 5.74) is 3.64. The number of rotatable bonds is 5. The summed E-state index contributed by atoms with van der Waals surface area (Å²) in [6, 6.07) is 15.7. The number of nitrogens with one attached hydrogen (secondary N) is 1. The molecule has 0 aromatic heterocycles. The second-order valence-corrected chi connectivity index (χ2v) is 4.99. The minimum atomic E-state index is -0.0918. The summed E-state index contributed by atoms with van der Waals surface area (Å²) in [6.45, 7) is 4.31. The van der Waals surface area contributed by atoms with E-state index in [0.29, 0.717) is 12.2 Å². The van der Waals surface area contributed by atoms with Crippen molar-refractivity contribution in [3.63, 3.8) is 0 Å². The topological polar surface area (TPSA) is 38.3 Å². The molecule has 0 aliphatic carbocycles. The van der Waals surface area contributed by atoms with Gasteiger partial charge >= 0.3 is 0 Å². The van der Waals surface area contributed by atoms with Crippen molar-refractivity contribution in [2.75, 3.05) is 7.05 Å². The van der Waals surface area contributed by atoms with Gasteiger partial charge in [-0.15, -0.1) is 0 Å². The highest BCUT2D eigenvalue weighted by Gasteiger charge is 2.13. The number of para-hydroxylation sites is 1. The number of amides is 1. The Morgan fingerprint density at radius 2 is 1.82 bits per heavy atom. The molecular formula is C19H21NO2. The van der Waals surface area contributed by atoms with E-state index in [1.807, 2.05) is 68.5 Å². The van der Waals surface area contributed by atoms with E-state index in [9.17, 15) is 4.79 Å². The van der Waals surface area contributed by atoms with Gasteiger partial charge < -0.3 is 10.1 Å². The lowest BCUT2D eigenvalue weighted by Crippen LogP contribution is -2.20. The van der Waals surface area contributed by atoms with E-state index < -0.39 is 0 Å². The van der Waals surface area contributed by atoms with E-state index in [-0.39, 0.29) is 5.91 Å². The van der Waals surface area contributed by atoms with Crippen LogP contribution in [0.5, 0.6) is 5.75 Å². The number of allylic oxidation sites excluding steroid dienone is 1. The standard InChI is InChI=1S/C19H21NO2/c1-4-16(19(21)20-3)17-11-7-6-10-15(17)13-22-18-12-8-5-9-14(18)2/h4-12H,13H2,1-3H3,(H,20,21)/b16-4-. The number of hydrogen-bond donors (Lipinski definition) is 1. The van der Waals surface area contributed by atoms with Gasteiger partial charge in [-0.25, -0.2) is 0 Å². The Morgan fingerprint density at radius 1 is 1.14 bits per heavy atom. The van der Waals surface area contributed by atoms with Crippen LogP contribution >= 0.6 is 0 Å². The average Bonchev–Trinajstić information content (AvgIpc) is 2.55. The first-order valence-electron chi connectivity index (χ1n) is 7.32. The third-order valence-corrected chi connectivity index (χ3v) is 3.54. The zero-order chi connectivity index (χ0) is 15.9. The fourth-order valence-corrected chi connectivity index (χ4v) is 2.33. The van der Waals surface area contributed by atoms with E-state index in [4.69, 9.17) is 4.74 Å². The maximum absolute atomic E-state index is 12.0. The highest BCUT2D eigenvalue weighted by Crippen LogP contribution is 2.23. The monoisotopic (exact) mass is 295 g/mol. The summed E-state index contributed by atoms with van der Waals surface area (Å²) in [6.07, 6.45) is 1.82. The van der Waals surface area contributed by atoms with Gasteiger partial charge in [0.05, 0.1) is 0 Å². The molecule has 0 fully saturated rings. The van der Waals surface area contributed by atoms with Crippen molar-refractivity contribution < 1.29 is 9.53 Å². The Bertz CT molecular complexity index is 689. The van der Waals surface area contributed by atoms with Crippen LogP contribution in [-0.2, 0) is 11.4 Å². The molecular weight excluding hydrogens is 274 g/mol. The van der Waals surface area contributed by atoms with Crippen LogP contribution in [0.2, 0.25) is 0 Å². The van der Waals surface area contributed by atoms with Crippen molar-refractivity contribution in [1.82, 2.24) is 5.32 Å². The molecule has 0 aliphatic heterocycles. The number of benzene rings is 2. The number of carbonyl (C=O) groups is 1. The number of likely N-dealkylation sites (N-methyl/N-ethyl adjacent to an activating group) is 1. The Morgan fingerprint density at radius 3 is 2.50 bits per heavy atom. The van der Waals surface area contributed by atoms with Crippen molar-refractivity contribution in [3.05, 3.63) is 71.3 Å². The number of ether oxygens (including phenoxy) is 1. The normalized spacial score (nSPS) is 11.1. The fraction of sp³-hybridized carbons (Fsp3) is 0.211. The lowest BCUT2D eigenvalue weighted by Gasteiger charge is -2.14. The van der Waals surface area contributed by atoms with Crippen LogP contribution in [0.3, 0.4) is 0 Å². The van der Waals surface area contributed by atoms with E-state index in [0.717, 1.165) is 22.4 Å². The number of aryl methyl sites for hydroxylation is 1. The van der Waals surface area contributed by atoms with Gasteiger partial charge in [-0.3, -0.25) is 4.79 Å². The third kappa shape index (κ3) is 3.55. The Hall–Kier alpha value is -2.55. The molecule has 0 heterocycles. The van der Waals surface area contributed by atoms with Crippen molar-refractivity contribution >= 4 is 11.5 Å². The van der Waals surface area contributed by atoms with Crippen molar-refractivity contribution in [2.24, 2.45) is 0 Å². The minimum absolute atomic E-state index is 0.0918. The van der Waals surface area contributed by atoms with Crippen LogP contribution < -0.4 is 10.1 Å². The smallest absolute Gasteiger partial charge is 0.251 e. The Balaban J connectivity index is 2.26. The highest BCUT2D eigenvalue weighted by atomic mass is 16.5. The Labute approximate surface area is 131 Å². The molecule has 22 heavy (non-hydrogen) atoms. The maximum atomic E-state index is 12.0. The fourth-order valence-electron chi connectivity index (χ4n) is 2.33. The van der Waals surface area contributed by atoms with E-state index in [1.165, 1.54) is 0 Å². The minimum Gasteiger partial charge on any atom is -0.489 e. The third-order valence-electron chi connectivity index (χ3n) is 3.54. The first-order chi connectivity index (χ1) is 10.7. The molecule has 0 unspecified atom stereocenters. The maximum Gasteiger partial charge on any atom is 0.251 e. The SMILES string of the molecule is C/C=C(\C(=O)NC)c1ccccc1COc1ccccc1C. The summed E-state index contributed by atoms with van der Waals surface area (Å²) >= 11 is 0. The van der Waals surface area contributed by atoms with Gasteiger partial charge in [0, 0.05) is 12.6 Å². The van der Waals surface area contributed by atoms with Gasteiger partial charge in [-0.1, -0.05) is 48.5 Å². The summed E-state index contributed by atoms with van der Waals surface area (Å²) in [7, 11) is 1.64.